The van der Waals surface area contributed by atoms with E-state index in [-0.39, 0.29) is 18.0 Å². The number of alkyl halides is 3. The normalized spacial score (nSPS) is 11.8. The van der Waals surface area contributed by atoms with Crippen LogP contribution in [0.3, 0.4) is 0 Å². The van der Waals surface area contributed by atoms with E-state index in [1.54, 1.807) is 0 Å². The number of aryl methyl sites for hydroxylation is 1. The van der Waals surface area contributed by atoms with Crippen molar-refractivity contribution in [1.82, 2.24) is 10.1 Å². The molecule has 0 aliphatic carbocycles. The Balaban J connectivity index is 2.22. The van der Waals surface area contributed by atoms with E-state index in [1.165, 1.54) is 6.07 Å². The number of hydrogen-bond donors (Lipinski definition) is 2. The molecular weight excluding hydrogens is 289 g/mol. The zero-order chi connectivity index (χ0) is 15.5. The number of aliphatic hydroxyl groups is 1. The molecule has 0 amide bonds. The molecule has 114 valence electrons. The van der Waals surface area contributed by atoms with Crippen LogP contribution in [0.15, 0.2) is 22.7 Å². The maximum atomic E-state index is 12.7. The number of halogens is 3. The first kappa shape index (κ1) is 15.3. The highest BCUT2D eigenvalue weighted by molar-refractivity contribution is 5.58. The molecule has 2 rings (SSSR count). The van der Waals surface area contributed by atoms with E-state index < -0.39 is 17.5 Å². The van der Waals surface area contributed by atoms with Gasteiger partial charge in [-0.3, -0.25) is 0 Å². The third kappa shape index (κ3) is 3.72. The van der Waals surface area contributed by atoms with Gasteiger partial charge in [0, 0.05) is 18.6 Å². The molecule has 2 N–H and O–H groups in total. The van der Waals surface area contributed by atoms with E-state index in [0.29, 0.717) is 25.2 Å². The number of phenolic OH excluding ortho intramolecular Hbond substituents is 1. The summed E-state index contributed by atoms with van der Waals surface area (Å²) >= 11 is 0. The number of aliphatic hydroxyl groups excluding tert-OH is 1. The van der Waals surface area contributed by atoms with Crippen LogP contribution in [0.2, 0.25) is 0 Å². The molecule has 1 aromatic carbocycles. The molecule has 5 nitrogen and oxygen atoms in total. The summed E-state index contributed by atoms with van der Waals surface area (Å²) in [7, 11) is 0. The molecule has 0 spiro atoms. The summed E-state index contributed by atoms with van der Waals surface area (Å²) in [5.74, 6) is -0.530. The summed E-state index contributed by atoms with van der Waals surface area (Å²) in [6.07, 6.45) is -3.00. The van der Waals surface area contributed by atoms with Gasteiger partial charge in [-0.1, -0.05) is 5.16 Å². The van der Waals surface area contributed by atoms with Gasteiger partial charge in [-0.25, -0.2) is 0 Å². The van der Waals surface area contributed by atoms with Crippen LogP contribution in [-0.4, -0.2) is 27.0 Å². The Hall–Kier alpha value is -2.09. The Morgan fingerprint density at radius 2 is 1.95 bits per heavy atom. The molecule has 2 aromatic rings. The van der Waals surface area contributed by atoms with Gasteiger partial charge in [0.1, 0.15) is 5.75 Å². The zero-order valence-corrected chi connectivity index (χ0v) is 10.9. The molecule has 0 unspecified atom stereocenters. The largest absolute Gasteiger partial charge is 0.507 e. The Morgan fingerprint density at radius 1 is 1.19 bits per heavy atom. The lowest BCUT2D eigenvalue weighted by Crippen LogP contribution is -2.05. The molecular formula is C13H13F3N2O3. The van der Waals surface area contributed by atoms with E-state index in [9.17, 15) is 18.3 Å². The second-order valence-electron chi connectivity index (χ2n) is 4.42. The minimum absolute atomic E-state index is 0.0273. The Bertz CT molecular complexity index is 611. The monoisotopic (exact) mass is 302 g/mol. The van der Waals surface area contributed by atoms with E-state index >= 15 is 0 Å². The lowest BCUT2D eigenvalue weighted by atomic mass is 10.1. The van der Waals surface area contributed by atoms with Crippen LogP contribution >= 0.6 is 0 Å². The van der Waals surface area contributed by atoms with Crippen molar-refractivity contribution in [3.05, 3.63) is 29.7 Å². The number of rotatable bonds is 5. The highest BCUT2D eigenvalue weighted by Crippen LogP contribution is 2.37. The Kier molecular flexibility index (Phi) is 4.46. The average molecular weight is 302 g/mol. The van der Waals surface area contributed by atoms with Crippen molar-refractivity contribution in [3.63, 3.8) is 0 Å². The van der Waals surface area contributed by atoms with Gasteiger partial charge in [0.15, 0.2) is 0 Å². The standard InChI is InChI=1S/C13H13F3N2O3/c14-13(15,16)9-7-8(4-5-10(9)20)12-17-11(21-18-12)3-1-2-6-19/h4-5,7,19-20H,1-3,6H2. The lowest BCUT2D eigenvalue weighted by molar-refractivity contribution is -0.138. The van der Waals surface area contributed by atoms with Gasteiger partial charge < -0.3 is 14.7 Å². The van der Waals surface area contributed by atoms with Gasteiger partial charge in [0.05, 0.1) is 5.56 Å². The van der Waals surface area contributed by atoms with Crippen molar-refractivity contribution in [2.24, 2.45) is 0 Å². The summed E-state index contributed by atoms with van der Waals surface area (Å²) in [6.45, 7) is 0.0495. The van der Waals surface area contributed by atoms with Crippen molar-refractivity contribution < 1.29 is 27.9 Å². The summed E-state index contributed by atoms with van der Waals surface area (Å²) in [5.41, 5.74) is -1.04. The van der Waals surface area contributed by atoms with Crippen molar-refractivity contribution in [3.8, 4) is 17.1 Å². The van der Waals surface area contributed by atoms with Crippen molar-refractivity contribution >= 4 is 0 Å². The molecule has 1 aromatic heterocycles. The maximum absolute atomic E-state index is 12.7. The molecule has 0 aliphatic heterocycles. The van der Waals surface area contributed by atoms with E-state index in [4.69, 9.17) is 9.63 Å². The van der Waals surface area contributed by atoms with Gasteiger partial charge in [0.25, 0.3) is 0 Å². The number of benzene rings is 1. The van der Waals surface area contributed by atoms with E-state index in [1.807, 2.05) is 0 Å². The third-order valence-electron chi connectivity index (χ3n) is 2.83. The molecule has 1 heterocycles. The topological polar surface area (TPSA) is 79.4 Å². The molecule has 0 bridgehead atoms. The summed E-state index contributed by atoms with van der Waals surface area (Å²) < 4.78 is 43.1. The zero-order valence-electron chi connectivity index (χ0n) is 10.9. The minimum Gasteiger partial charge on any atom is -0.507 e. The molecule has 0 radical (unpaired) electrons. The van der Waals surface area contributed by atoms with E-state index in [0.717, 1.165) is 12.1 Å². The Morgan fingerprint density at radius 3 is 2.62 bits per heavy atom. The smallest absolute Gasteiger partial charge is 0.419 e. The first-order valence-electron chi connectivity index (χ1n) is 6.26. The number of nitrogens with zero attached hydrogens (tertiary/aromatic N) is 2. The number of phenols is 1. The van der Waals surface area contributed by atoms with Crippen LogP contribution in [0.1, 0.15) is 24.3 Å². The van der Waals surface area contributed by atoms with Crippen LogP contribution in [0, 0.1) is 0 Å². The fraction of sp³-hybridized carbons (Fsp3) is 0.385. The van der Waals surface area contributed by atoms with Crippen LogP contribution < -0.4 is 0 Å². The van der Waals surface area contributed by atoms with Crippen molar-refractivity contribution in [1.29, 1.82) is 0 Å². The van der Waals surface area contributed by atoms with Crippen molar-refractivity contribution in [2.75, 3.05) is 6.61 Å². The molecule has 0 saturated heterocycles. The van der Waals surface area contributed by atoms with Crippen LogP contribution in [0.5, 0.6) is 5.75 Å². The molecule has 0 saturated carbocycles. The van der Waals surface area contributed by atoms with Crippen LogP contribution in [0.25, 0.3) is 11.4 Å². The number of aromatic nitrogens is 2. The molecule has 0 aliphatic rings. The maximum Gasteiger partial charge on any atom is 0.419 e. The fourth-order valence-electron chi connectivity index (χ4n) is 1.76. The predicted molar refractivity (Wildman–Crippen MR) is 66.4 cm³/mol. The first-order chi connectivity index (χ1) is 9.91. The summed E-state index contributed by atoms with van der Waals surface area (Å²) in [4.78, 5) is 4.00. The quantitative estimate of drug-likeness (QED) is 0.830. The summed E-state index contributed by atoms with van der Waals surface area (Å²) in [6, 6.07) is 3.00. The van der Waals surface area contributed by atoms with Gasteiger partial charge in [-0.05, 0) is 31.0 Å². The molecule has 8 heteroatoms. The van der Waals surface area contributed by atoms with Crippen LogP contribution in [-0.2, 0) is 12.6 Å². The Labute approximate surface area is 118 Å². The third-order valence-corrected chi connectivity index (χ3v) is 2.83. The average Bonchev–Trinajstić information content (AvgIpc) is 2.87. The number of unbranched alkanes of at least 4 members (excludes halogenated alkanes) is 1. The van der Waals surface area contributed by atoms with Gasteiger partial charge in [-0.2, -0.15) is 18.2 Å². The SMILES string of the molecule is OCCCCc1nc(-c2ccc(O)c(C(F)(F)F)c2)no1. The second kappa shape index (κ2) is 6.13. The predicted octanol–water partition coefficient (Wildman–Crippen LogP) is 2.78. The molecule has 0 fully saturated rings. The summed E-state index contributed by atoms with van der Waals surface area (Å²) in [5, 5.41) is 21.5. The molecule has 21 heavy (non-hydrogen) atoms. The number of aromatic hydroxyl groups is 1. The lowest BCUT2D eigenvalue weighted by Gasteiger charge is -2.09. The van der Waals surface area contributed by atoms with Crippen molar-refractivity contribution in [2.45, 2.75) is 25.4 Å². The highest BCUT2D eigenvalue weighted by Gasteiger charge is 2.34. The fourth-order valence-corrected chi connectivity index (χ4v) is 1.76. The van der Waals surface area contributed by atoms with Crippen LogP contribution in [0.4, 0.5) is 13.2 Å². The van der Waals surface area contributed by atoms with Gasteiger partial charge in [-0.15, -0.1) is 0 Å². The highest BCUT2D eigenvalue weighted by atomic mass is 19.4. The first-order valence-corrected chi connectivity index (χ1v) is 6.26. The van der Waals surface area contributed by atoms with Gasteiger partial charge >= 0.3 is 6.18 Å². The van der Waals surface area contributed by atoms with Gasteiger partial charge in [0.2, 0.25) is 11.7 Å². The number of hydrogen-bond acceptors (Lipinski definition) is 5. The second-order valence-corrected chi connectivity index (χ2v) is 4.42. The van der Waals surface area contributed by atoms with E-state index in [2.05, 4.69) is 10.1 Å². The minimum atomic E-state index is -4.66. The molecule has 0 atom stereocenters.